The SMILES string of the molecule is COc1ccc(C(=O)C2(OC)CCOCC2)c(C)c1. The number of carbonyl (C=O) groups is 1. The van der Waals surface area contributed by atoms with Crippen molar-refractivity contribution in [2.45, 2.75) is 25.4 Å². The molecule has 1 aliphatic rings. The number of benzene rings is 1. The lowest BCUT2D eigenvalue weighted by Crippen LogP contribution is -2.45. The molecule has 104 valence electrons. The first-order valence-corrected chi connectivity index (χ1v) is 6.45. The molecule has 1 aromatic carbocycles. The first-order valence-electron chi connectivity index (χ1n) is 6.45. The molecular weight excluding hydrogens is 244 g/mol. The molecule has 1 saturated heterocycles. The molecular formula is C15H20O4. The van der Waals surface area contributed by atoms with Gasteiger partial charge in [-0.2, -0.15) is 0 Å². The van der Waals surface area contributed by atoms with Crippen molar-refractivity contribution in [1.82, 2.24) is 0 Å². The minimum absolute atomic E-state index is 0.0402. The van der Waals surface area contributed by atoms with Crippen LogP contribution < -0.4 is 4.74 Å². The van der Waals surface area contributed by atoms with Crippen molar-refractivity contribution in [3.8, 4) is 5.75 Å². The van der Waals surface area contributed by atoms with Gasteiger partial charge in [0, 0.05) is 38.7 Å². The predicted octanol–water partition coefficient (Wildman–Crippen LogP) is 2.38. The Bertz CT molecular complexity index is 461. The van der Waals surface area contributed by atoms with Crippen molar-refractivity contribution >= 4 is 5.78 Å². The topological polar surface area (TPSA) is 44.8 Å². The van der Waals surface area contributed by atoms with Crippen LogP contribution in [0.5, 0.6) is 5.75 Å². The van der Waals surface area contributed by atoms with Gasteiger partial charge in [-0.1, -0.05) is 0 Å². The molecule has 19 heavy (non-hydrogen) atoms. The molecule has 0 aliphatic carbocycles. The van der Waals surface area contributed by atoms with Crippen molar-refractivity contribution < 1.29 is 19.0 Å². The maximum absolute atomic E-state index is 12.8. The number of Topliss-reactive ketones (excluding diaryl/α,β-unsaturated/α-hetero) is 1. The van der Waals surface area contributed by atoms with Crippen LogP contribution in [0.2, 0.25) is 0 Å². The molecule has 1 aromatic rings. The van der Waals surface area contributed by atoms with Gasteiger partial charge in [0.25, 0.3) is 0 Å². The zero-order valence-electron chi connectivity index (χ0n) is 11.7. The Labute approximate surface area is 113 Å². The molecule has 0 radical (unpaired) electrons. The maximum Gasteiger partial charge on any atom is 0.195 e. The zero-order valence-corrected chi connectivity index (χ0v) is 11.7. The molecule has 1 heterocycles. The lowest BCUT2D eigenvalue weighted by atomic mass is 9.84. The molecule has 4 nitrogen and oxygen atoms in total. The molecule has 0 atom stereocenters. The van der Waals surface area contributed by atoms with Gasteiger partial charge in [-0.05, 0) is 30.7 Å². The molecule has 4 heteroatoms. The van der Waals surface area contributed by atoms with Crippen LogP contribution in [-0.4, -0.2) is 38.8 Å². The van der Waals surface area contributed by atoms with E-state index in [0.29, 0.717) is 31.6 Å². The van der Waals surface area contributed by atoms with Gasteiger partial charge in [0.2, 0.25) is 0 Å². The van der Waals surface area contributed by atoms with E-state index in [1.54, 1.807) is 14.2 Å². The van der Waals surface area contributed by atoms with Crippen molar-refractivity contribution in [3.63, 3.8) is 0 Å². The normalized spacial score (nSPS) is 18.1. The Morgan fingerprint density at radius 2 is 1.95 bits per heavy atom. The van der Waals surface area contributed by atoms with Crippen LogP contribution in [0.4, 0.5) is 0 Å². The highest BCUT2D eigenvalue weighted by molar-refractivity contribution is 6.03. The van der Waals surface area contributed by atoms with E-state index in [-0.39, 0.29) is 5.78 Å². The highest BCUT2D eigenvalue weighted by atomic mass is 16.5. The quantitative estimate of drug-likeness (QED) is 0.783. The summed E-state index contributed by atoms with van der Waals surface area (Å²) in [6.45, 7) is 3.04. The summed E-state index contributed by atoms with van der Waals surface area (Å²) < 4.78 is 16.0. The first-order chi connectivity index (χ1) is 9.13. The molecule has 2 rings (SSSR count). The fourth-order valence-electron chi connectivity index (χ4n) is 2.49. The highest BCUT2D eigenvalue weighted by Crippen LogP contribution is 2.30. The lowest BCUT2D eigenvalue weighted by Gasteiger charge is -2.34. The van der Waals surface area contributed by atoms with E-state index in [2.05, 4.69) is 0 Å². The first kappa shape index (κ1) is 14.0. The molecule has 0 saturated carbocycles. The summed E-state index contributed by atoms with van der Waals surface area (Å²) >= 11 is 0. The number of hydrogen-bond acceptors (Lipinski definition) is 4. The fraction of sp³-hybridized carbons (Fsp3) is 0.533. The predicted molar refractivity (Wildman–Crippen MR) is 71.9 cm³/mol. The van der Waals surface area contributed by atoms with E-state index in [0.717, 1.165) is 11.3 Å². The van der Waals surface area contributed by atoms with Crippen molar-refractivity contribution in [3.05, 3.63) is 29.3 Å². The third kappa shape index (κ3) is 2.65. The molecule has 0 spiro atoms. The van der Waals surface area contributed by atoms with Gasteiger partial charge in [-0.3, -0.25) is 4.79 Å². The zero-order chi connectivity index (χ0) is 13.9. The van der Waals surface area contributed by atoms with Gasteiger partial charge in [0.1, 0.15) is 11.4 Å². The summed E-state index contributed by atoms with van der Waals surface area (Å²) in [7, 11) is 3.22. The van der Waals surface area contributed by atoms with Crippen molar-refractivity contribution in [1.29, 1.82) is 0 Å². The second kappa shape index (κ2) is 5.72. The Hall–Kier alpha value is -1.39. The second-order valence-corrected chi connectivity index (χ2v) is 4.82. The molecule has 1 aliphatic heterocycles. The second-order valence-electron chi connectivity index (χ2n) is 4.82. The van der Waals surface area contributed by atoms with Gasteiger partial charge < -0.3 is 14.2 Å². The van der Waals surface area contributed by atoms with Crippen LogP contribution in [0.25, 0.3) is 0 Å². The summed E-state index contributed by atoms with van der Waals surface area (Å²) in [6, 6.07) is 5.49. The molecule has 0 bridgehead atoms. The minimum Gasteiger partial charge on any atom is -0.497 e. The van der Waals surface area contributed by atoms with Gasteiger partial charge in [-0.15, -0.1) is 0 Å². The molecule has 0 aromatic heterocycles. The Balaban J connectivity index is 2.32. The smallest absolute Gasteiger partial charge is 0.195 e. The summed E-state index contributed by atoms with van der Waals surface area (Å²) in [5, 5.41) is 0. The Morgan fingerprint density at radius 3 is 2.47 bits per heavy atom. The number of ketones is 1. The van der Waals surface area contributed by atoms with Crippen molar-refractivity contribution in [2.75, 3.05) is 27.4 Å². The van der Waals surface area contributed by atoms with Gasteiger partial charge >= 0.3 is 0 Å². The van der Waals surface area contributed by atoms with E-state index < -0.39 is 5.60 Å². The van der Waals surface area contributed by atoms with Crippen LogP contribution >= 0.6 is 0 Å². The fourth-order valence-corrected chi connectivity index (χ4v) is 2.49. The Kier molecular flexibility index (Phi) is 4.22. The summed E-state index contributed by atoms with van der Waals surface area (Å²) in [6.07, 6.45) is 1.21. The average Bonchev–Trinajstić information content (AvgIpc) is 2.47. The lowest BCUT2D eigenvalue weighted by molar-refractivity contribution is -0.0663. The largest absolute Gasteiger partial charge is 0.497 e. The van der Waals surface area contributed by atoms with Crippen LogP contribution in [0.3, 0.4) is 0 Å². The molecule has 0 unspecified atom stereocenters. The third-order valence-electron chi connectivity index (χ3n) is 3.78. The average molecular weight is 264 g/mol. The van der Waals surface area contributed by atoms with E-state index in [1.807, 2.05) is 25.1 Å². The van der Waals surface area contributed by atoms with Crippen LogP contribution in [0.15, 0.2) is 18.2 Å². The Morgan fingerprint density at radius 1 is 1.26 bits per heavy atom. The van der Waals surface area contributed by atoms with E-state index in [9.17, 15) is 4.79 Å². The van der Waals surface area contributed by atoms with Crippen LogP contribution in [-0.2, 0) is 9.47 Å². The van der Waals surface area contributed by atoms with E-state index in [4.69, 9.17) is 14.2 Å². The summed E-state index contributed by atoms with van der Waals surface area (Å²) in [5.41, 5.74) is 0.870. The number of ether oxygens (including phenoxy) is 3. The van der Waals surface area contributed by atoms with Crippen LogP contribution in [0.1, 0.15) is 28.8 Å². The molecule has 0 amide bonds. The highest BCUT2D eigenvalue weighted by Gasteiger charge is 2.41. The third-order valence-corrected chi connectivity index (χ3v) is 3.78. The van der Waals surface area contributed by atoms with Gasteiger partial charge in [0.15, 0.2) is 5.78 Å². The number of carbonyl (C=O) groups excluding carboxylic acids is 1. The van der Waals surface area contributed by atoms with Gasteiger partial charge in [-0.25, -0.2) is 0 Å². The number of aryl methyl sites for hydroxylation is 1. The van der Waals surface area contributed by atoms with Crippen LogP contribution in [0, 0.1) is 6.92 Å². The maximum atomic E-state index is 12.8. The molecule has 0 N–H and O–H groups in total. The number of hydrogen-bond donors (Lipinski definition) is 0. The van der Waals surface area contributed by atoms with E-state index >= 15 is 0 Å². The monoisotopic (exact) mass is 264 g/mol. The van der Waals surface area contributed by atoms with Gasteiger partial charge in [0.05, 0.1) is 7.11 Å². The van der Waals surface area contributed by atoms with Crippen molar-refractivity contribution in [2.24, 2.45) is 0 Å². The summed E-state index contributed by atoms with van der Waals surface area (Å²) in [5.74, 6) is 0.797. The molecule has 1 fully saturated rings. The minimum atomic E-state index is -0.738. The summed E-state index contributed by atoms with van der Waals surface area (Å²) in [4.78, 5) is 12.8. The number of rotatable bonds is 4. The number of methoxy groups -OCH3 is 2. The van der Waals surface area contributed by atoms with E-state index in [1.165, 1.54) is 0 Å². The standard InChI is InChI=1S/C15H20O4/c1-11-10-12(17-2)4-5-13(11)14(16)15(18-3)6-8-19-9-7-15/h4-5,10H,6-9H2,1-3H3.